The molecule has 0 aromatic heterocycles. The first-order valence-electron chi connectivity index (χ1n) is 14.9. The lowest BCUT2D eigenvalue weighted by atomic mass is 10.00. The molecule has 35 heavy (non-hydrogen) atoms. The molecule has 2 amide bonds. The lowest BCUT2D eigenvalue weighted by molar-refractivity contribution is -0.122. The Bertz CT molecular complexity index is 563. The molecule has 6 nitrogen and oxygen atoms in total. The van der Waals surface area contributed by atoms with Gasteiger partial charge in [-0.3, -0.25) is 9.59 Å². The summed E-state index contributed by atoms with van der Waals surface area (Å²) in [4.78, 5) is 24.5. The molecule has 0 spiro atoms. The number of hydrazone groups is 2. The van der Waals surface area contributed by atoms with Gasteiger partial charge in [-0.25, -0.2) is 10.9 Å². The summed E-state index contributed by atoms with van der Waals surface area (Å²) in [7, 11) is 0. The smallest absolute Gasteiger partial charge is 0.240 e. The van der Waals surface area contributed by atoms with Crippen LogP contribution in [0.2, 0.25) is 0 Å². The van der Waals surface area contributed by atoms with E-state index >= 15 is 0 Å². The van der Waals surface area contributed by atoms with E-state index in [-0.39, 0.29) is 11.8 Å². The Kier molecular flexibility index (Phi) is 17.3. The summed E-state index contributed by atoms with van der Waals surface area (Å²) in [6.45, 7) is 0. The Morgan fingerprint density at radius 2 is 0.714 bits per heavy atom. The molecule has 2 aliphatic carbocycles. The first kappa shape index (κ1) is 29.5. The van der Waals surface area contributed by atoms with Gasteiger partial charge in [0, 0.05) is 24.3 Å². The van der Waals surface area contributed by atoms with Gasteiger partial charge in [-0.1, -0.05) is 89.9 Å². The summed E-state index contributed by atoms with van der Waals surface area (Å²) in [5, 5.41) is 8.89. The van der Waals surface area contributed by atoms with Crippen LogP contribution in [-0.2, 0) is 9.59 Å². The van der Waals surface area contributed by atoms with Gasteiger partial charge in [0.25, 0.3) is 0 Å². The van der Waals surface area contributed by atoms with Crippen molar-refractivity contribution >= 4 is 23.2 Å². The molecule has 2 saturated carbocycles. The number of hydrogen-bond acceptors (Lipinski definition) is 4. The van der Waals surface area contributed by atoms with Gasteiger partial charge in [0.1, 0.15) is 0 Å². The molecule has 0 aromatic rings. The van der Waals surface area contributed by atoms with Crippen molar-refractivity contribution in [2.24, 2.45) is 10.2 Å². The van der Waals surface area contributed by atoms with Gasteiger partial charge in [0.2, 0.25) is 11.8 Å². The summed E-state index contributed by atoms with van der Waals surface area (Å²) in [6, 6.07) is 0. The molecular weight excluding hydrogens is 436 g/mol. The number of nitrogens with zero attached hydrogens (tertiary/aromatic N) is 2. The first-order chi connectivity index (χ1) is 17.2. The van der Waals surface area contributed by atoms with Crippen molar-refractivity contribution in [3.05, 3.63) is 0 Å². The summed E-state index contributed by atoms with van der Waals surface area (Å²) in [5.41, 5.74) is 7.75. The molecule has 0 aliphatic heterocycles. The second-order valence-corrected chi connectivity index (χ2v) is 10.6. The summed E-state index contributed by atoms with van der Waals surface area (Å²) in [5.74, 6) is -0.191. The maximum absolute atomic E-state index is 12.3. The van der Waals surface area contributed by atoms with Crippen LogP contribution in [0.3, 0.4) is 0 Å². The second-order valence-electron chi connectivity index (χ2n) is 10.6. The third kappa shape index (κ3) is 16.6. The molecule has 0 atom stereocenters. The van der Waals surface area contributed by atoms with Crippen LogP contribution < -0.4 is 10.9 Å². The first-order valence-corrected chi connectivity index (χ1v) is 14.9. The van der Waals surface area contributed by atoms with Crippen molar-refractivity contribution < 1.29 is 9.59 Å². The van der Waals surface area contributed by atoms with Gasteiger partial charge in [0.15, 0.2) is 0 Å². The molecule has 2 rings (SSSR count). The topological polar surface area (TPSA) is 82.9 Å². The van der Waals surface area contributed by atoms with Gasteiger partial charge in [-0.15, -0.1) is 0 Å². The Morgan fingerprint density at radius 3 is 1.00 bits per heavy atom. The van der Waals surface area contributed by atoms with E-state index in [1.165, 1.54) is 89.9 Å². The van der Waals surface area contributed by atoms with Crippen LogP contribution >= 0.6 is 0 Å². The van der Waals surface area contributed by atoms with E-state index in [2.05, 4.69) is 21.1 Å². The standard InChI is InChI=1S/C29H52N4O2/c34-28(32-30-26-20-15-11-7-3-1-4-8-12-16-21-26)24-19-25-29(35)33-31-27-22-17-13-9-5-2-6-10-14-18-23-27/h1-25H2,(H,32,34)(H,33,35). The van der Waals surface area contributed by atoms with Crippen LogP contribution in [0, 0.1) is 0 Å². The molecule has 0 unspecified atom stereocenters. The molecule has 0 radical (unpaired) electrons. The fourth-order valence-electron chi connectivity index (χ4n) is 5.07. The molecule has 2 fully saturated rings. The molecule has 0 heterocycles. The zero-order chi connectivity index (χ0) is 24.8. The largest absolute Gasteiger partial charge is 0.273 e. The zero-order valence-corrected chi connectivity index (χ0v) is 22.4. The quantitative estimate of drug-likeness (QED) is 0.375. The van der Waals surface area contributed by atoms with Crippen LogP contribution in [0.5, 0.6) is 0 Å². The highest BCUT2D eigenvalue weighted by molar-refractivity contribution is 5.87. The third-order valence-corrected chi connectivity index (χ3v) is 7.35. The highest BCUT2D eigenvalue weighted by atomic mass is 16.2. The second kappa shape index (κ2) is 20.5. The van der Waals surface area contributed by atoms with Crippen LogP contribution in [0.1, 0.15) is 161 Å². The van der Waals surface area contributed by atoms with E-state index in [1.807, 2.05) is 0 Å². The minimum absolute atomic E-state index is 0.0953. The molecule has 2 aliphatic rings. The zero-order valence-electron chi connectivity index (χ0n) is 22.4. The fourth-order valence-corrected chi connectivity index (χ4v) is 5.07. The summed E-state index contributed by atoms with van der Waals surface area (Å²) in [6.07, 6.45) is 28.2. The van der Waals surface area contributed by atoms with Crippen LogP contribution in [0.25, 0.3) is 0 Å². The van der Waals surface area contributed by atoms with Gasteiger partial charge in [-0.2, -0.15) is 10.2 Å². The number of rotatable bonds is 6. The maximum Gasteiger partial charge on any atom is 0.240 e. The molecule has 0 aromatic carbocycles. The predicted octanol–water partition coefficient (Wildman–Crippen LogP) is 7.71. The van der Waals surface area contributed by atoms with E-state index in [9.17, 15) is 9.59 Å². The molecule has 6 heteroatoms. The van der Waals surface area contributed by atoms with Gasteiger partial charge < -0.3 is 0 Å². The van der Waals surface area contributed by atoms with Crippen LogP contribution in [0.4, 0.5) is 0 Å². The highest BCUT2D eigenvalue weighted by Gasteiger charge is 2.08. The average molecular weight is 489 g/mol. The molecular formula is C29H52N4O2. The predicted molar refractivity (Wildman–Crippen MR) is 147 cm³/mol. The lowest BCUT2D eigenvalue weighted by Crippen LogP contribution is -2.22. The Hall–Kier alpha value is -1.72. The monoisotopic (exact) mass is 488 g/mol. The third-order valence-electron chi connectivity index (χ3n) is 7.35. The summed E-state index contributed by atoms with van der Waals surface area (Å²) < 4.78 is 0. The van der Waals surface area contributed by atoms with Crippen LogP contribution in [0.15, 0.2) is 10.2 Å². The van der Waals surface area contributed by atoms with E-state index in [0.717, 1.165) is 62.8 Å². The number of amides is 2. The number of carbonyl (C=O) groups is 2. The Balaban J connectivity index is 1.65. The maximum atomic E-state index is 12.3. The minimum atomic E-state index is -0.0953. The Labute approximate surface area is 214 Å². The minimum Gasteiger partial charge on any atom is -0.273 e. The average Bonchev–Trinajstić information content (AvgIpc) is 2.83. The lowest BCUT2D eigenvalue weighted by Gasteiger charge is -2.10. The number of nitrogens with one attached hydrogen (secondary N) is 2. The van der Waals surface area contributed by atoms with E-state index in [1.54, 1.807) is 0 Å². The number of carbonyl (C=O) groups excluding carboxylic acids is 2. The molecule has 200 valence electrons. The van der Waals surface area contributed by atoms with Crippen molar-refractivity contribution in [3.8, 4) is 0 Å². The summed E-state index contributed by atoms with van der Waals surface area (Å²) >= 11 is 0. The van der Waals surface area contributed by atoms with E-state index in [4.69, 9.17) is 0 Å². The highest BCUT2D eigenvalue weighted by Crippen LogP contribution is 2.16. The van der Waals surface area contributed by atoms with Gasteiger partial charge in [0.05, 0.1) is 0 Å². The van der Waals surface area contributed by atoms with Crippen molar-refractivity contribution in [1.29, 1.82) is 0 Å². The van der Waals surface area contributed by atoms with Crippen molar-refractivity contribution in [2.75, 3.05) is 0 Å². The van der Waals surface area contributed by atoms with Gasteiger partial charge in [-0.05, 0) is 57.8 Å². The SMILES string of the molecule is O=C(CCCC(=O)NN=C1CCCCCCCCCCC1)NN=C1CCCCCCCCCCC1. The van der Waals surface area contributed by atoms with E-state index in [0.29, 0.717) is 19.3 Å². The molecule has 2 N–H and O–H groups in total. The van der Waals surface area contributed by atoms with Crippen molar-refractivity contribution in [3.63, 3.8) is 0 Å². The van der Waals surface area contributed by atoms with Crippen molar-refractivity contribution in [1.82, 2.24) is 10.9 Å². The Morgan fingerprint density at radius 1 is 0.457 bits per heavy atom. The van der Waals surface area contributed by atoms with E-state index < -0.39 is 0 Å². The fraction of sp³-hybridized carbons (Fsp3) is 0.862. The molecule has 0 bridgehead atoms. The van der Waals surface area contributed by atoms with Gasteiger partial charge >= 0.3 is 0 Å². The number of hydrogen-bond donors (Lipinski definition) is 2. The normalized spacial score (nSPS) is 20.2. The van der Waals surface area contributed by atoms with Crippen molar-refractivity contribution in [2.45, 2.75) is 161 Å². The van der Waals surface area contributed by atoms with Crippen LogP contribution in [-0.4, -0.2) is 23.2 Å². The molecule has 0 saturated heterocycles.